The summed E-state index contributed by atoms with van der Waals surface area (Å²) in [7, 11) is 9.51. The van der Waals surface area contributed by atoms with Crippen molar-refractivity contribution in [2.45, 2.75) is 83.8 Å². The number of benzene rings is 2. The molecule has 0 unspecified atom stereocenters. The molecule has 0 spiro atoms. The molecule has 5 N–H and O–H groups in total. The zero-order valence-electron chi connectivity index (χ0n) is 34.7. The summed E-state index contributed by atoms with van der Waals surface area (Å²) in [5, 5.41) is 19.4. The molecule has 4 aliphatic rings. The van der Waals surface area contributed by atoms with Crippen LogP contribution in [0.15, 0.2) is 60.8 Å². The number of hydrogen-bond donors (Lipinski definition) is 4. The minimum Gasteiger partial charge on any atom is -0.496 e. The van der Waals surface area contributed by atoms with Crippen LogP contribution in [-0.4, -0.2) is 111 Å². The van der Waals surface area contributed by atoms with E-state index in [-0.39, 0.29) is 37.0 Å². The minimum absolute atomic E-state index is 0.0640. The first-order valence-electron chi connectivity index (χ1n) is 20.1. The first kappa shape index (κ1) is 41.6. The Morgan fingerprint density at radius 2 is 1.88 bits per heavy atom. The number of carbonyl (C=O) groups is 2. The summed E-state index contributed by atoms with van der Waals surface area (Å²) < 4.78 is 6.13. The van der Waals surface area contributed by atoms with Crippen molar-refractivity contribution in [3.8, 4) is 16.9 Å². The number of ether oxygens (including phenoxy) is 1. The molecule has 0 radical (unpaired) electrons. The maximum Gasteiger partial charge on any atom is 0.251 e. The van der Waals surface area contributed by atoms with E-state index in [1.54, 1.807) is 25.3 Å². The number of aromatic nitrogens is 1. The van der Waals surface area contributed by atoms with Crippen LogP contribution in [0.2, 0.25) is 0 Å². The number of methoxy groups -OCH3 is 1. The molecule has 9 atom stereocenters. The van der Waals surface area contributed by atoms with Gasteiger partial charge in [-0.3, -0.25) is 19.4 Å². The van der Waals surface area contributed by atoms with Gasteiger partial charge in [-0.25, -0.2) is 0 Å². The predicted octanol–water partition coefficient (Wildman–Crippen LogP) is 4.35. The lowest BCUT2D eigenvalue weighted by molar-refractivity contribution is -0.175. The number of carbonyl (C=O) groups excluding carboxylic acids is 2. The highest BCUT2D eigenvalue weighted by Gasteiger charge is 2.57. The van der Waals surface area contributed by atoms with E-state index in [0.29, 0.717) is 47.4 Å². The summed E-state index contributed by atoms with van der Waals surface area (Å²) in [6, 6.07) is 16.7. The van der Waals surface area contributed by atoms with Crippen molar-refractivity contribution in [1.82, 2.24) is 25.6 Å². The molecule has 1 aliphatic heterocycles. The lowest BCUT2D eigenvalue weighted by Crippen LogP contribution is -2.62. The fourth-order valence-corrected chi connectivity index (χ4v) is 9.67. The Hall–Kier alpha value is -4.07. The highest BCUT2D eigenvalue weighted by atomic mass is 16.7. The molecule has 2 amide bonds. The number of aliphatic hydroxyl groups excluding tert-OH is 1. The quantitative estimate of drug-likeness (QED) is 0.176. The van der Waals surface area contributed by atoms with Crippen molar-refractivity contribution in [3.05, 3.63) is 77.6 Å². The van der Waals surface area contributed by atoms with Gasteiger partial charge >= 0.3 is 0 Å². The largest absolute Gasteiger partial charge is 0.496 e. The number of pyridine rings is 1. The van der Waals surface area contributed by atoms with Gasteiger partial charge in [0.05, 0.1) is 25.9 Å². The molecule has 1 saturated heterocycles. The number of rotatable bonds is 15. The second-order valence-electron chi connectivity index (χ2n) is 17.4. The van der Waals surface area contributed by atoms with Crippen LogP contribution in [0, 0.1) is 29.1 Å². The van der Waals surface area contributed by atoms with Crippen LogP contribution in [-0.2, 0) is 22.6 Å². The Morgan fingerprint density at radius 1 is 1.11 bits per heavy atom. The Kier molecular flexibility index (Phi) is 12.8. The molecule has 3 aliphatic carbocycles. The van der Waals surface area contributed by atoms with Crippen LogP contribution in [0.1, 0.15) is 62.2 Å². The third kappa shape index (κ3) is 8.60. The molecule has 7 rings (SSSR count). The Morgan fingerprint density at radius 3 is 2.48 bits per heavy atom. The number of nitrogens with zero attached hydrogens (tertiary/aromatic N) is 4. The standard InChI is InChI=1S/C44H63N7O5/c1-26-36-20-31(44(36,3)4)21-37(26)48-43(54)40-39(27(2)52)38(23-45)56-51(40)24-28-13-12-15-35(41(28)55-9)29-17-30(19-34(18-29)50(7)8)42(53)47-33(25-49(5)6)22-32-14-10-11-16-46-32/h10-19,26-27,31,33,36-40,52H,20-25,45H2,1-9H3,(H,47,53)(H,48,54)/t26-,27-,31+,33-,36+,37-,38-,39+,40-/m0/s1. The Labute approximate surface area is 333 Å². The summed E-state index contributed by atoms with van der Waals surface area (Å²) in [6.07, 6.45) is 3.17. The number of aliphatic hydroxyl groups is 1. The number of hydroxylamine groups is 2. The number of anilines is 1. The lowest BCUT2D eigenvalue weighted by Gasteiger charge is -2.62. The van der Waals surface area contributed by atoms with E-state index >= 15 is 0 Å². The van der Waals surface area contributed by atoms with Crippen LogP contribution < -0.4 is 26.0 Å². The number of para-hydroxylation sites is 1. The molecule has 12 nitrogen and oxygen atoms in total. The van der Waals surface area contributed by atoms with Gasteiger partial charge in [0.15, 0.2) is 0 Å². The smallest absolute Gasteiger partial charge is 0.251 e. The van der Waals surface area contributed by atoms with Crippen LogP contribution in [0.5, 0.6) is 5.75 Å². The monoisotopic (exact) mass is 769 g/mol. The SMILES string of the molecule is COc1c(CN2O[C@@H](CN)[C@@H]([C@H](C)O)[C@H]2C(=O)N[C@H]2C[C@H]3C[C@H]([C@@H]2C)C3(C)C)cccc1-c1cc(C(=O)N[C@@H](Cc2ccccn2)CN(C)C)cc(N(C)C)c1. The van der Waals surface area contributed by atoms with Crippen LogP contribution in [0.3, 0.4) is 0 Å². The number of likely N-dealkylation sites (N-methyl/N-ethyl adjacent to an activating group) is 1. The van der Waals surface area contributed by atoms with Gasteiger partial charge < -0.3 is 36.0 Å². The maximum absolute atomic E-state index is 14.3. The molecule has 3 aromatic rings. The molecule has 56 heavy (non-hydrogen) atoms. The summed E-state index contributed by atoms with van der Waals surface area (Å²) in [6.45, 7) is 9.68. The Balaban J connectivity index is 1.28. The molecule has 1 aromatic heterocycles. The Bertz CT molecular complexity index is 1840. The van der Waals surface area contributed by atoms with Crippen LogP contribution in [0.25, 0.3) is 11.1 Å². The fraction of sp³-hybridized carbons (Fsp3) is 0.568. The molecular formula is C44H63N7O5. The normalized spacial score (nSPS) is 26.6. The van der Waals surface area contributed by atoms with Gasteiger partial charge in [0.25, 0.3) is 5.91 Å². The first-order chi connectivity index (χ1) is 26.6. The maximum atomic E-state index is 14.3. The van der Waals surface area contributed by atoms with E-state index in [2.05, 4.69) is 41.3 Å². The van der Waals surface area contributed by atoms with Gasteiger partial charge in [0.2, 0.25) is 5.91 Å². The third-order valence-electron chi connectivity index (χ3n) is 12.9. The summed E-state index contributed by atoms with van der Waals surface area (Å²) in [5.74, 6) is 1.26. The number of nitrogens with two attached hydrogens (primary N) is 1. The van der Waals surface area contributed by atoms with Gasteiger partial charge in [-0.05, 0) is 92.9 Å². The molecular weight excluding hydrogens is 707 g/mol. The van der Waals surface area contributed by atoms with E-state index < -0.39 is 24.2 Å². The molecule has 12 heteroatoms. The van der Waals surface area contributed by atoms with E-state index in [4.69, 9.17) is 15.3 Å². The van der Waals surface area contributed by atoms with E-state index in [0.717, 1.165) is 34.5 Å². The molecule has 3 saturated carbocycles. The molecule has 4 fully saturated rings. The van der Waals surface area contributed by atoms with Crippen molar-refractivity contribution in [1.29, 1.82) is 0 Å². The van der Waals surface area contributed by atoms with Gasteiger partial charge in [0, 0.05) is 85.9 Å². The number of hydrogen-bond acceptors (Lipinski definition) is 10. The topological polar surface area (TPSA) is 146 Å². The molecule has 2 aromatic carbocycles. The van der Waals surface area contributed by atoms with Crippen molar-refractivity contribution in [3.63, 3.8) is 0 Å². The molecule has 2 bridgehead atoms. The van der Waals surface area contributed by atoms with Gasteiger partial charge in [-0.1, -0.05) is 45.0 Å². The first-order valence-corrected chi connectivity index (χ1v) is 20.1. The average Bonchev–Trinajstić information content (AvgIpc) is 3.53. The lowest BCUT2D eigenvalue weighted by atomic mass is 9.45. The summed E-state index contributed by atoms with van der Waals surface area (Å²) in [4.78, 5) is 43.3. The third-order valence-corrected chi connectivity index (χ3v) is 12.9. The van der Waals surface area contributed by atoms with Gasteiger partial charge in [-0.2, -0.15) is 5.06 Å². The highest BCUT2D eigenvalue weighted by molar-refractivity contribution is 5.97. The van der Waals surface area contributed by atoms with E-state index in [9.17, 15) is 14.7 Å². The van der Waals surface area contributed by atoms with Crippen molar-refractivity contribution in [2.24, 2.45) is 34.8 Å². The zero-order chi connectivity index (χ0) is 40.5. The second kappa shape index (κ2) is 17.2. The van der Waals surface area contributed by atoms with Gasteiger partial charge in [-0.15, -0.1) is 0 Å². The van der Waals surface area contributed by atoms with Crippen LogP contribution >= 0.6 is 0 Å². The summed E-state index contributed by atoms with van der Waals surface area (Å²) >= 11 is 0. The van der Waals surface area contributed by atoms with Gasteiger partial charge in [0.1, 0.15) is 11.8 Å². The number of fused-ring (bicyclic) bond motifs is 2. The minimum atomic E-state index is -0.826. The highest BCUT2D eigenvalue weighted by Crippen LogP contribution is 2.61. The number of nitrogens with one attached hydrogen (secondary N) is 2. The summed E-state index contributed by atoms with van der Waals surface area (Å²) in [5.41, 5.74) is 11.2. The molecule has 304 valence electrons. The zero-order valence-corrected chi connectivity index (χ0v) is 34.7. The van der Waals surface area contributed by atoms with E-state index in [1.807, 2.05) is 87.7 Å². The fourth-order valence-electron chi connectivity index (χ4n) is 9.67. The van der Waals surface area contributed by atoms with Crippen LogP contribution in [0.4, 0.5) is 5.69 Å². The van der Waals surface area contributed by atoms with Crippen molar-refractivity contribution < 1.29 is 24.3 Å². The van der Waals surface area contributed by atoms with Crippen molar-refractivity contribution >= 4 is 17.5 Å². The van der Waals surface area contributed by atoms with E-state index in [1.165, 1.54) is 6.42 Å². The van der Waals surface area contributed by atoms with Crippen molar-refractivity contribution in [2.75, 3.05) is 53.3 Å². The average molecular weight is 770 g/mol. The second-order valence-corrected chi connectivity index (χ2v) is 17.4. The molecule has 2 heterocycles. The predicted molar refractivity (Wildman–Crippen MR) is 220 cm³/mol. The number of amides is 2.